The van der Waals surface area contributed by atoms with Gasteiger partial charge in [-0.2, -0.15) is 0 Å². The van der Waals surface area contributed by atoms with Gasteiger partial charge in [0.1, 0.15) is 5.75 Å². The predicted molar refractivity (Wildman–Crippen MR) is 71.7 cm³/mol. The van der Waals surface area contributed by atoms with Gasteiger partial charge < -0.3 is 9.84 Å². The Hall–Kier alpha value is -1.02. The number of hydrogen-bond donors (Lipinski definition) is 1. The first-order chi connectivity index (χ1) is 8.01. The van der Waals surface area contributed by atoms with Crippen LogP contribution < -0.4 is 4.74 Å². The highest BCUT2D eigenvalue weighted by molar-refractivity contribution is 5.43. The quantitative estimate of drug-likeness (QED) is 0.848. The van der Waals surface area contributed by atoms with Crippen LogP contribution in [0.1, 0.15) is 42.9 Å². The molecule has 0 heterocycles. The molecule has 0 amide bonds. The predicted octanol–water partition coefficient (Wildman–Crippen LogP) is 3.43. The number of methoxy groups -OCH3 is 1. The summed E-state index contributed by atoms with van der Waals surface area (Å²) in [6, 6.07) is 4.30. The van der Waals surface area contributed by atoms with Crippen LogP contribution in [0.4, 0.5) is 0 Å². The fourth-order valence-electron chi connectivity index (χ4n) is 2.42. The zero-order valence-corrected chi connectivity index (χ0v) is 11.6. The maximum atomic E-state index is 9.18. The molecule has 0 bridgehead atoms. The second-order valence-electron chi connectivity index (χ2n) is 5.04. The van der Waals surface area contributed by atoms with Crippen molar-refractivity contribution in [2.24, 2.45) is 5.92 Å². The van der Waals surface area contributed by atoms with Crippen LogP contribution in [0.5, 0.6) is 5.75 Å². The molecular formula is C15H24O2. The van der Waals surface area contributed by atoms with Crippen molar-refractivity contribution in [3.8, 4) is 5.75 Å². The van der Waals surface area contributed by atoms with E-state index in [9.17, 15) is 5.11 Å². The van der Waals surface area contributed by atoms with Gasteiger partial charge in [0.15, 0.2) is 0 Å². The molecular weight excluding hydrogens is 212 g/mol. The molecule has 0 aromatic heterocycles. The zero-order valence-electron chi connectivity index (χ0n) is 11.6. The third-order valence-electron chi connectivity index (χ3n) is 3.43. The second kappa shape index (κ2) is 6.06. The van der Waals surface area contributed by atoms with E-state index in [-0.39, 0.29) is 6.61 Å². The van der Waals surface area contributed by atoms with Crippen LogP contribution in [0, 0.1) is 19.8 Å². The van der Waals surface area contributed by atoms with E-state index < -0.39 is 0 Å². The third-order valence-corrected chi connectivity index (χ3v) is 3.43. The Bertz CT molecular complexity index is 369. The van der Waals surface area contributed by atoms with Crippen LogP contribution in [0.15, 0.2) is 12.1 Å². The second-order valence-corrected chi connectivity index (χ2v) is 5.04. The molecule has 1 aromatic carbocycles. The third kappa shape index (κ3) is 3.22. The molecule has 1 atom stereocenters. The largest absolute Gasteiger partial charge is 0.496 e. The number of aliphatic hydroxyl groups excluding tert-OH is 1. The molecule has 1 N–H and O–H groups in total. The lowest BCUT2D eigenvalue weighted by molar-refractivity contribution is 0.261. The van der Waals surface area contributed by atoms with E-state index in [4.69, 9.17) is 4.74 Å². The SMILES string of the molecule is COc1cc(C)c(C(CCO)C(C)C)cc1C. The van der Waals surface area contributed by atoms with Crippen molar-refractivity contribution in [1.29, 1.82) is 0 Å². The Morgan fingerprint density at radius 3 is 2.29 bits per heavy atom. The van der Waals surface area contributed by atoms with Crippen LogP contribution in [0.25, 0.3) is 0 Å². The summed E-state index contributed by atoms with van der Waals surface area (Å²) in [6.45, 7) is 8.84. The van der Waals surface area contributed by atoms with Crippen molar-refractivity contribution in [2.45, 2.75) is 40.0 Å². The summed E-state index contributed by atoms with van der Waals surface area (Å²) in [4.78, 5) is 0. The van der Waals surface area contributed by atoms with Crippen molar-refractivity contribution in [2.75, 3.05) is 13.7 Å². The van der Waals surface area contributed by atoms with Crippen LogP contribution in [-0.2, 0) is 0 Å². The van der Waals surface area contributed by atoms with E-state index in [2.05, 4.69) is 39.8 Å². The smallest absolute Gasteiger partial charge is 0.122 e. The van der Waals surface area contributed by atoms with Crippen molar-refractivity contribution < 1.29 is 9.84 Å². The van der Waals surface area contributed by atoms with Crippen LogP contribution in [-0.4, -0.2) is 18.8 Å². The van der Waals surface area contributed by atoms with E-state index >= 15 is 0 Å². The summed E-state index contributed by atoms with van der Waals surface area (Å²) in [6.07, 6.45) is 0.824. The average Bonchev–Trinajstić information content (AvgIpc) is 2.28. The zero-order chi connectivity index (χ0) is 13.0. The van der Waals surface area contributed by atoms with Gasteiger partial charge in [-0.1, -0.05) is 19.9 Å². The van der Waals surface area contributed by atoms with Crippen LogP contribution in [0.3, 0.4) is 0 Å². The Labute approximate surface area is 105 Å². The van der Waals surface area contributed by atoms with E-state index in [0.29, 0.717) is 11.8 Å². The standard InChI is InChI=1S/C15H24O2/c1-10(2)13(6-7-16)14-8-12(4)15(17-5)9-11(14)3/h8-10,13,16H,6-7H2,1-5H3. The fourth-order valence-corrected chi connectivity index (χ4v) is 2.42. The Morgan fingerprint density at radius 2 is 1.82 bits per heavy atom. The molecule has 2 heteroatoms. The van der Waals surface area contributed by atoms with E-state index in [0.717, 1.165) is 17.7 Å². The number of benzene rings is 1. The highest BCUT2D eigenvalue weighted by atomic mass is 16.5. The molecule has 96 valence electrons. The Kier molecular flexibility index (Phi) is 5.01. The first-order valence-corrected chi connectivity index (χ1v) is 6.27. The van der Waals surface area contributed by atoms with Gasteiger partial charge in [0.2, 0.25) is 0 Å². The summed E-state index contributed by atoms with van der Waals surface area (Å²) in [5, 5.41) is 9.18. The summed E-state index contributed by atoms with van der Waals surface area (Å²) in [5.74, 6) is 1.90. The lowest BCUT2D eigenvalue weighted by Crippen LogP contribution is -2.11. The van der Waals surface area contributed by atoms with Gasteiger partial charge in [-0.3, -0.25) is 0 Å². The molecule has 1 aromatic rings. The minimum Gasteiger partial charge on any atom is -0.496 e. The van der Waals surface area contributed by atoms with Crippen molar-refractivity contribution in [3.05, 3.63) is 28.8 Å². The van der Waals surface area contributed by atoms with E-state index in [1.165, 1.54) is 11.1 Å². The van der Waals surface area contributed by atoms with Crippen molar-refractivity contribution in [3.63, 3.8) is 0 Å². The van der Waals surface area contributed by atoms with Crippen LogP contribution >= 0.6 is 0 Å². The minimum atomic E-state index is 0.243. The fraction of sp³-hybridized carbons (Fsp3) is 0.600. The first kappa shape index (κ1) is 14.0. The molecule has 1 rings (SSSR count). The summed E-state index contributed by atoms with van der Waals surface area (Å²) in [7, 11) is 1.70. The molecule has 0 aliphatic heterocycles. The van der Waals surface area contributed by atoms with Gasteiger partial charge in [-0.15, -0.1) is 0 Å². The summed E-state index contributed by atoms with van der Waals surface area (Å²) in [5.41, 5.74) is 3.75. The lowest BCUT2D eigenvalue weighted by Gasteiger charge is -2.23. The van der Waals surface area contributed by atoms with Crippen molar-refractivity contribution in [1.82, 2.24) is 0 Å². The maximum absolute atomic E-state index is 9.18. The normalized spacial score (nSPS) is 12.9. The monoisotopic (exact) mass is 236 g/mol. The van der Waals surface area contributed by atoms with E-state index in [1.54, 1.807) is 7.11 Å². The first-order valence-electron chi connectivity index (χ1n) is 6.27. The Morgan fingerprint density at radius 1 is 1.18 bits per heavy atom. The van der Waals surface area contributed by atoms with Crippen molar-refractivity contribution >= 4 is 0 Å². The van der Waals surface area contributed by atoms with Gasteiger partial charge in [-0.25, -0.2) is 0 Å². The molecule has 1 unspecified atom stereocenters. The lowest BCUT2D eigenvalue weighted by atomic mass is 9.83. The molecule has 0 saturated carbocycles. The van der Waals surface area contributed by atoms with Gasteiger partial charge >= 0.3 is 0 Å². The minimum absolute atomic E-state index is 0.243. The van der Waals surface area contributed by atoms with Gasteiger partial charge in [0.25, 0.3) is 0 Å². The molecule has 0 fully saturated rings. The van der Waals surface area contributed by atoms with E-state index in [1.807, 2.05) is 0 Å². The van der Waals surface area contributed by atoms with Gasteiger partial charge in [0, 0.05) is 6.61 Å². The number of aryl methyl sites for hydroxylation is 2. The number of ether oxygens (including phenoxy) is 1. The average molecular weight is 236 g/mol. The Balaban J connectivity index is 3.15. The molecule has 0 aliphatic rings. The summed E-state index contributed by atoms with van der Waals surface area (Å²) >= 11 is 0. The van der Waals surface area contributed by atoms with Gasteiger partial charge in [-0.05, 0) is 54.9 Å². The molecule has 17 heavy (non-hydrogen) atoms. The molecule has 0 spiro atoms. The maximum Gasteiger partial charge on any atom is 0.122 e. The number of aliphatic hydroxyl groups is 1. The molecule has 0 aliphatic carbocycles. The molecule has 2 nitrogen and oxygen atoms in total. The molecule has 0 radical (unpaired) electrons. The highest BCUT2D eigenvalue weighted by Gasteiger charge is 2.18. The highest BCUT2D eigenvalue weighted by Crippen LogP contribution is 2.33. The van der Waals surface area contributed by atoms with Gasteiger partial charge in [0.05, 0.1) is 7.11 Å². The molecule has 0 saturated heterocycles. The summed E-state index contributed by atoms with van der Waals surface area (Å²) < 4.78 is 5.33. The van der Waals surface area contributed by atoms with Crippen LogP contribution in [0.2, 0.25) is 0 Å². The topological polar surface area (TPSA) is 29.5 Å². The number of rotatable bonds is 5. The number of hydrogen-bond acceptors (Lipinski definition) is 2.